The maximum atomic E-state index is 12.9. The van der Waals surface area contributed by atoms with Gasteiger partial charge in [-0.1, -0.05) is 50.1 Å². The molecule has 2 heterocycles. The average molecular weight is 466 g/mol. The lowest BCUT2D eigenvalue weighted by atomic mass is 9.75. The van der Waals surface area contributed by atoms with Gasteiger partial charge in [-0.15, -0.1) is 11.3 Å². The van der Waals surface area contributed by atoms with Crippen molar-refractivity contribution in [1.29, 1.82) is 0 Å². The minimum absolute atomic E-state index is 0.242. The van der Waals surface area contributed by atoms with Crippen LogP contribution >= 0.6 is 11.3 Å². The molecule has 1 fully saturated rings. The quantitative estimate of drug-likeness (QED) is 0.441. The van der Waals surface area contributed by atoms with E-state index in [4.69, 9.17) is 4.74 Å². The molecule has 1 amide bonds. The number of thiophene rings is 1. The van der Waals surface area contributed by atoms with E-state index in [0.717, 1.165) is 52.3 Å². The summed E-state index contributed by atoms with van der Waals surface area (Å²) in [5.74, 6) is 1.22. The Bertz CT molecular complexity index is 1020. The van der Waals surface area contributed by atoms with E-state index in [2.05, 4.69) is 25.1 Å². The molecule has 4 nitrogen and oxygen atoms in total. The molecular weight excluding hydrogens is 430 g/mol. The van der Waals surface area contributed by atoms with Crippen LogP contribution in [0.15, 0.2) is 42.0 Å². The van der Waals surface area contributed by atoms with Crippen LogP contribution in [-0.4, -0.2) is 36.0 Å². The lowest BCUT2D eigenvalue weighted by molar-refractivity contribution is 0.0258. The largest absolute Gasteiger partial charge is 0.444 e. The summed E-state index contributed by atoms with van der Waals surface area (Å²) in [6, 6.07) is 12.4. The van der Waals surface area contributed by atoms with E-state index in [1.165, 1.54) is 24.0 Å². The molecule has 0 saturated heterocycles. The number of carbonyl (C=O) groups excluding carboxylic acids is 2. The molecule has 0 N–H and O–H groups in total. The van der Waals surface area contributed by atoms with Crippen molar-refractivity contribution in [3.63, 3.8) is 0 Å². The first-order valence-electron chi connectivity index (χ1n) is 12.1. The summed E-state index contributed by atoms with van der Waals surface area (Å²) in [5.41, 5.74) is 4.29. The van der Waals surface area contributed by atoms with Gasteiger partial charge in [-0.3, -0.25) is 4.79 Å². The fourth-order valence-corrected chi connectivity index (χ4v) is 6.04. The van der Waals surface area contributed by atoms with Crippen molar-refractivity contribution in [3.05, 3.63) is 52.4 Å². The Morgan fingerprint density at radius 2 is 1.82 bits per heavy atom. The number of hydrogen-bond acceptors (Lipinski definition) is 4. The summed E-state index contributed by atoms with van der Waals surface area (Å²) in [6.07, 6.45) is 6.24. The fourth-order valence-electron chi connectivity index (χ4n) is 5.03. The average Bonchev–Trinajstić information content (AvgIpc) is 3.23. The molecule has 2 aromatic rings. The Hall–Kier alpha value is -2.40. The number of benzene rings is 1. The molecule has 4 rings (SSSR count). The fraction of sp³-hybridized carbons (Fsp3) is 0.500. The SMILES string of the molecule is CC1CCC(C2=C(c3cc(-c4ccccc4)sc3C=O)CCN(C(=O)OC(C)(C)C)C2)CC1. The van der Waals surface area contributed by atoms with Crippen LogP contribution < -0.4 is 0 Å². The molecule has 0 radical (unpaired) electrons. The molecule has 176 valence electrons. The second-order valence-corrected chi connectivity index (χ2v) is 11.6. The summed E-state index contributed by atoms with van der Waals surface area (Å²) in [7, 11) is 0. The normalized spacial score (nSPS) is 21.8. The third-order valence-corrected chi connectivity index (χ3v) is 7.90. The molecule has 1 aromatic carbocycles. The first-order valence-corrected chi connectivity index (χ1v) is 12.9. The molecule has 0 unspecified atom stereocenters. The molecule has 5 heteroatoms. The summed E-state index contributed by atoms with van der Waals surface area (Å²) < 4.78 is 5.69. The number of hydrogen-bond donors (Lipinski definition) is 0. The Morgan fingerprint density at radius 1 is 1.12 bits per heavy atom. The second kappa shape index (κ2) is 9.84. The van der Waals surface area contributed by atoms with Gasteiger partial charge in [-0.2, -0.15) is 0 Å². The van der Waals surface area contributed by atoms with Gasteiger partial charge in [0.2, 0.25) is 0 Å². The predicted octanol–water partition coefficient (Wildman–Crippen LogP) is 7.45. The third kappa shape index (κ3) is 5.57. The Labute approximate surface area is 201 Å². The van der Waals surface area contributed by atoms with Gasteiger partial charge >= 0.3 is 6.09 Å². The molecule has 1 aromatic heterocycles. The van der Waals surface area contributed by atoms with Crippen molar-refractivity contribution >= 4 is 29.3 Å². The smallest absolute Gasteiger partial charge is 0.410 e. The number of carbonyl (C=O) groups is 2. The highest BCUT2D eigenvalue weighted by atomic mass is 32.1. The van der Waals surface area contributed by atoms with Crippen LogP contribution in [0.1, 0.15) is 75.0 Å². The zero-order valence-electron chi connectivity index (χ0n) is 20.2. The summed E-state index contributed by atoms with van der Waals surface area (Å²) in [5, 5.41) is 0. The van der Waals surface area contributed by atoms with Crippen LogP contribution in [0.4, 0.5) is 4.79 Å². The van der Waals surface area contributed by atoms with E-state index < -0.39 is 5.60 Å². The topological polar surface area (TPSA) is 46.6 Å². The molecule has 0 bridgehead atoms. The number of ether oxygens (including phenoxy) is 1. The van der Waals surface area contributed by atoms with Crippen molar-refractivity contribution in [3.8, 4) is 10.4 Å². The molecular formula is C28H35NO3S. The second-order valence-electron chi connectivity index (χ2n) is 10.5. The first kappa shape index (κ1) is 23.7. The van der Waals surface area contributed by atoms with Gasteiger partial charge in [0, 0.05) is 18.0 Å². The summed E-state index contributed by atoms with van der Waals surface area (Å²) in [6.45, 7) is 9.27. The third-order valence-electron chi connectivity index (χ3n) is 6.79. The highest BCUT2D eigenvalue weighted by Gasteiger charge is 2.33. The van der Waals surface area contributed by atoms with Crippen molar-refractivity contribution in [1.82, 2.24) is 4.90 Å². The molecule has 0 spiro atoms. The molecule has 1 aliphatic carbocycles. The van der Waals surface area contributed by atoms with Crippen molar-refractivity contribution in [2.45, 2.75) is 65.4 Å². The maximum Gasteiger partial charge on any atom is 0.410 e. The highest BCUT2D eigenvalue weighted by Crippen LogP contribution is 2.43. The summed E-state index contributed by atoms with van der Waals surface area (Å²) in [4.78, 5) is 28.7. The molecule has 33 heavy (non-hydrogen) atoms. The molecule has 2 aliphatic rings. The lowest BCUT2D eigenvalue weighted by Crippen LogP contribution is -2.42. The zero-order valence-corrected chi connectivity index (χ0v) is 21.0. The Balaban J connectivity index is 1.72. The standard InChI is InChI=1S/C28H35NO3S/c1-19-10-12-20(13-11-19)24-17-29(27(31)32-28(2,3)4)15-14-22(24)23-16-25(33-26(23)18-30)21-8-6-5-7-9-21/h5-9,16,18-20H,10-15,17H2,1-4H3. The van der Waals surface area contributed by atoms with Gasteiger partial charge < -0.3 is 9.64 Å². The van der Waals surface area contributed by atoms with E-state index in [1.54, 1.807) is 11.3 Å². The predicted molar refractivity (Wildman–Crippen MR) is 136 cm³/mol. The van der Waals surface area contributed by atoms with E-state index in [-0.39, 0.29) is 6.09 Å². The number of nitrogens with zero attached hydrogens (tertiary/aromatic N) is 1. The Morgan fingerprint density at radius 3 is 2.45 bits per heavy atom. The van der Waals surface area contributed by atoms with E-state index in [9.17, 15) is 9.59 Å². The lowest BCUT2D eigenvalue weighted by Gasteiger charge is -2.37. The van der Waals surface area contributed by atoms with Crippen LogP contribution in [0.3, 0.4) is 0 Å². The Kier molecular flexibility index (Phi) is 7.08. The number of aldehydes is 1. The van der Waals surface area contributed by atoms with Crippen molar-refractivity contribution < 1.29 is 14.3 Å². The highest BCUT2D eigenvalue weighted by molar-refractivity contribution is 7.17. The molecule has 1 saturated carbocycles. The monoisotopic (exact) mass is 465 g/mol. The van der Waals surface area contributed by atoms with Crippen LogP contribution in [-0.2, 0) is 4.74 Å². The van der Waals surface area contributed by atoms with Crippen LogP contribution in [0, 0.1) is 11.8 Å². The minimum Gasteiger partial charge on any atom is -0.444 e. The number of amides is 1. The zero-order chi connectivity index (χ0) is 23.6. The summed E-state index contributed by atoms with van der Waals surface area (Å²) >= 11 is 1.56. The minimum atomic E-state index is -0.510. The van der Waals surface area contributed by atoms with Crippen molar-refractivity contribution in [2.75, 3.05) is 13.1 Å². The van der Waals surface area contributed by atoms with Crippen LogP contribution in [0.5, 0.6) is 0 Å². The van der Waals surface area contributed by atoms with Gasteiger partial charge in [0.25, 0.3) is 0 Å². The number of rotatable bonds is 4. The molecule has 1 aliphatic heterocycles. The van der Waals surface area contributed by atoms with Crippen LogP contribution in [0.25, 0.3) is 16.0 Å². The van der Waals surface area contributed by atoms with E-state index in [1.807, 2.05) is 43.9 Å². The van der Waals surface area contributed by atoms with E-state index in [0.29, 0.717) is 19.0 Å². The van der Waals surface area contributed by atoms with Gasteiger partial charge in [-0.05, 0) is 80.2 Å². The van der Waals surface area contributed by atoms with Gasteiger partial charge in [0.1, 0.15) is 5.60 Å². The van der Waals surface area contributed by atoms with Gasteiger partial charge in [-0.25, -0.2) is 4.79 Å². The van der Waals surface area contributed by atoms with E-state index >= 15 is 0 Å². The van der Waals surface area contributed by atoms with Crippen LogP contribution in [0.2, 0.25) is 0 Å². The van der Waals surface area contributed by atoms with Gasteiger partial charge in [0.15, 0.2) is 6.29 Å². The molecule has 0 atom stereocenters. The van der Waals surface area contributed by atoms with Crippen molar-refractivity contribution in [2.24, 2.45) is 11.8 Å². The maximum absolute atomic E-state index is 12.9. The van der Waals surface area contributed by atoms with Gasteiger partial charge in [0.05, 0.1) is 4.88 Å². The first-order chi connectivity index (χ1) is 15.7.